The van der Waals surface area contributed by atoms with Gasteiger partial charge in [-0.2, -0.15) is 15.0 Å². The number of halogens is 1. The molecule has 4 rings (SSSR count). The number of benzene rings is 2. The fourth-order valence-corrected chi connectivity index (χ4v) is 3.36. The standard InChI is InChI=1S/C22H26N6O2.ClH/c1-15-12-16(2)14-18(13-15)24-21-25-20(23-17-4-6-19(29-3)7-5-17)26-22(27-21)28-8-10-30-11-9-28;/h4-7,12-14H,8-11H2,1-3H3,(H2,23,24,25,26,27);1H. The molecule has 3 aromatic rings. The molecule has 0 bridgehead atoms. The molecule has 1 aliphatic heterocycles. The van der Waals surface area contributed by atoms with Gasteiger partial charge in [-0.05, 0) is 61.4 Å². The minimum Gasteiger partial charge on any atom is -0.497 e. The molecule has 164 valence electrons. The van der Waals surface area contributed by atoms with Crippen molar-refractivity contribution < 1.29 is 9.47 Å². The lowest BCUT2D eigenvalue weighted by molar-refractivity contribution is 0.122. The first-order valence-corrected chi connectivity index (χ1v) is 9.94. The van der Waals surface area contributed by atoms with Crippen molar-refractivity contribution in [3.05, 3.63) is 53.6 Å². The van der Waals surface area contributed by atoms with Crippen LogP contribution in [0.15, 0.2) is 42.5 Å². The third-order valence-corrected chi connectivity index (χ3v) is 4.74. The molecule has 0 saturated carbocycles. The second kappa shape index (κ2) is 10.3. The largest absolute Gasteiger partial charge is 0.497 e. The van der Waals surface area contributed by atoms with E-state index in [0.29, 0.717) is 31.1 Å². The molecule has 2 heterocycles. The zero-order chi connectivity index (χ0) is 20.9. The van der Waals surface area contributed by atoms with Gasteiger partial charge in [-0.3, -0.25) is 0 Å². The zero-order valence-corrected chi connectivity index (χ0v) is 18.7. The van der Waals surface area contributed by atoms with Crippen LogP contribution in [0.2, 0.25) is 0 Å². The molecule has 0 atom stereocenters. The molecule has 0 amide bonds. The van der Waals surface area contributed by atoms with E-state index >= 15 is 0 Å². The maximum absolute atomic E-state index is 5.47. The van der Waals surface area contributed by atoms with Crippen LogP contribution in [0.4, 0.5) is 29.2 Å². The summed E-state index contributed by atoms with van der Waals surface area (Å²) in [4.78, 5) is 16.0. The summed E-state index contributed by atoms with van der Waals surface area (Å²) in [6.07, 6.45) is 0. The molecular weight excluding hydrogens is 416 g/mol. The van der Waals surface area contributed by atoms with Gasteiger partial charge in [-0.15, -0.1) is 12.4 Å². The number of hydrogen-bond donors (Lipinski definition) is 2. The molecule has 0 spiro atoms. The highest BCUT2D eigenvalue weighted by molar-refractivity contribution is 5.85. The number of aryl methyl sites for hydroxylation is 2. The average Bonchev–Trinajstić information content (AvgIpc) is 2.74. The van der Waals surface area contributed by atoms with E-state index in [0.717, 1.165) is 30.2 Å². The Balaban J connectivity index is 0.00000272. The number of nitrogens with zero attached hydrogens (tertiary/aromatic N) is 4. The summed E-state index contributed by atoms with van der Waals surface area (Å²) in [5.41, 5.74) is 4.17. The fourth-order valence-electron chi connectivity index (χ4n) is 3.36. The van der Waals surface area contributed by atoms with Crippen LogP contribution in [0, 0.1) is 13.8 Å². The number of anilines is 5. The molecular formula is C22H27ClN6O2. The van der Waals surface area contributed by atoms with Gasteiger partial charge in [0.25, 0.3) is 0 Å². The normalized spacial score (nSPS) is 13.3. The van der Waals surface area contributed by atoms with Crippen molar-refractivity contribution in [3.63, 3.8) is 0 Å². The molecule has 0 radical (unpaired) electrons. The first kappa shape index (κ1) is 22.6. The van der Waals surface area contributed by atoms with Gasteiger partial charge >= 0.3 is 0 Å². The topological polar surface area (TPSA) is 84.4 Å². The molecule has 1 aromatic heterocycles. The SMILES string of the molecule is COc1ccc(Nc2nc(Nc3cc(C)cc(C)c3)nc(N3CCOCC3)n2)cc1.Cl. The molecule has 1 saturated heterocycles. The van der Waals surface area contributed by atoms with Crippen LogP contribution in [-0.2, 0) is 4.74 Å². The number of methoxy groups -OCH3 is 1. The van der Waals surface area contributed by atoms with Crippen molar-refractivity contribution in [2.45, 2.75) is 13.8 Å². The van der Waals surface area contributed by atoms with Gasteiger partial charge in [0.1, 0.15) is 5.75 Å². The van der Waals surface area contributed by atoms with Crippen LogP contribution in [0.5, 0.6) is 5.75 Å². The molecule has 1 fully saturated rings. The Morgan fingerprint density at radius 3 is 2.00 bits per heavy atom. The molecule has 1 aliphatic rings. The number of morpholine rings is 1. The highest BCUT2D eigenvalue weighted by Gasteiger charge is 2.17. The Kier molecular flexibility index (Phi) is 7.49. The Morgan fingerprint density at radius 1 is 0.839 bits per heavy atom. The quantitative estimate of drug-likeness (QED) is 0.586. The monoisotopic (exact) mass is 442 g/mol. The van der Waals surface area contributed by atoms with Crippen LogP contribution >= 0.6 is 12.4 Å². The van der Waals surface area contributed by atoms with Crippen molar-refractivity contribution in [1.82, 2.24) is 15.0 Å². The van der Waals surface area contributed by atoms with E-state index in [9.17, 15) is 0 Å². The summed E-state index contributed by atoms with van der Waals surface area (Å²) in [5, 5.41) is 6.60. The first-order valence-electron chi connectivity index (χ1n) is 9.94. The van der Waals surface area contributed by atoms with E-state index < -0.39 is 0 Å². The van der Waals surface area contributed by atoms with E-state index in [-0.39, 0.29) is 12.4 Å². The maximum Gasteiger partial charge on any atom is 0.233 e. The van der Waals surface area contributed by atoms with E-state index in [2.05, 4.69) is 62.5 Å². The van der Waals surface area contributed by atoms with Gasteiger partial charge in [0.15, 0.2) is 0 Å². The zero-order valence-electron chi connectivity index (χ0n) is 17.9. The van der Waals surface area contributed by atoms with Gasteiger partial charge in [0.2, 0.25) is 17.8 Å². The highest BCUT2D eigenvalue weighted by atomic mass is 35.5. The Hall–Kier alpha value is -3.10. The summed E-state index contributed by atoms with van der Waals surface area (Å²) in [7, 11) is 1.65. The van der Waals surface area contributed by atoms with Crippen LogP contribution in [0.25, 0.3) is 0 Å². The molecule has 0 unspecified atom stereocenters. The predicted molar refractivity (Wildman–Crippen MR) is 126 cm³/mol. The third kappa shape index (κ3) is 5.96. The summed E-state index contributed by atoms with van der Waals surface area (Å²) >= 11 is 0. The van der Waals surface area contributed by atoms with E-state index in [4.69, 9.17) is 9.47 Å². The second-order valence-corrected chi connectivity index (χ2v) is 7.24. The number of nitrogens with one attached hydrogen (secondary N) is 2. The summed E-state index contributed by atoms with van der Waals surface area (Å²) in [6, 6.07) is 13.9. The van der Waals surface area contributed by atoms with Gasteiger partial charge in [0.05, 0.1) is 20.3 Å². The van der Waals surface area contributed by atoms with Crippen molar-refractivity contribution >= 4 is 41.6 Å². The van der Waals surface area contributed by atoms with E-state index in [1.807, 2.05) is 24.3 Å². The molecule has 9 heteroatoms. The van der Waals surface area contributed by atoms with Crippen LogP contribution < -0.4 is 20.3 Å². The van der Waals surface area contributed by atoms with Crippen molar-refractivity contribution in [3.8, 4) is 5.75 Å². The van der Waals surface area contributed by atoms with Crippen LogP contribution in [0.1, 0.15) is 11.1 Å². The lowest BCUT2D eigenvalue weighted by Gasteiger charge is -2.27. The molecule has 2 N–H and O–H groups in total. The van der Waals surface area contributed by atoms with Crippen LogP contribution in [0.3, 0.4) is 0 Å². The van der Waals surface area contributed by atoms with Crippen molar-refractivity contribution in [1.29, 1.82) is 0 Å². The predicted octanol–water partition coefficient (Wildman–Crippen LogP) is 4.24. The third-order valence-electron chi connectivity index (χ3n) is 4.74. The average molecular weight is 443 g/mol. The van der Waals surface area contributed by atoms with Gasteiger partial charge in [0, 0.05) is 24.5 Å². The smallest absolute Gasteiger partial charge is 0.233 e. The van der Waals surface area contributed by atoms with Crippen LogP contribution in [-0.4, -0.2) is 48.4 Å². The lowest BCUT2D eigenvalue weighted by Crippen LogP contribution is -2.37. The minimum absolute atomic E-state index is 0. The molecule has 31 heavy (non-hydrogen) atoms. The Bertz CT molecular complexity index is 989. The Labute approximate surface area is 188 Å². The van der Waals surface area contributed by atoms with Crippen molar-refractivity contribution in [2.24, 2.45) is 0 Å². The Morgan fingerprint density at radius 2 is 1.42 bits per heavy atom. The number of hydrogen-bond acceptors (Lipinski definition) is 8. The number of rotatable bonds is 6. The highest BCUT2D eigenvalue weighted by Crippen LogP contribution is 2.23. The fraction of sp³-hybridized carbons (Fsp3) is 0.318. The van der Waals surface area contributed by atoms with Crippen molar-refractivity contribution in [2.75, 3.05) is 48.9 Å². The van der Waals surface area contributed by atoms with Gasteiger partial charge in [-0.1, -0.05) is 6.07 Å². The number of aromatic nitrogens is 3. The second-order valence-electron chi connectivity index (χ2n) is 7.24. The first-order chi connectivity index (χ1) is 14.6. The summed E-state index contributed by atoms with van der Waals surface area (Å²) in [6.45, 7) is 6.95. The number of ether oxygens (including phenoxy) is 2. The van der Waals surface area contributed by atoms with Gasteiger partial charge < -0.3 is 25.0 Å². The summed E-state index contributed by atoms with van der Waals surface area (Å²) in [5.74, 6) is 2.38. The van der Waals surface area contributed by atoms with E-state index in [1.54, 1.807) is 7.11 Å². The minimum atomic E-state index is 0. The van der Waals surface area contributed by atoms with Gasteiger partial charge in [-0.25, -0.2) is 0 Å². The molecule has 0 aliphatic carbocycles. The lowest BCUT2D eigenvalue weighted by atomic mass is 10.1. The maximum atomic E-state index is 5.47. The molecule has 2 aromatic carbocycles. The summed E-state index contributed by atoms with van der Waals surface area (Å²) < 4.78 is 10.7. The molecule has 8 nitrogen and oxygen atoms in total. The van der Waals surface area contributed by atoms with E-state index in [1.165, 1.54) is 11.1 Å².